The Labute approximate surface area is 381 Å². The summed E-state index contributed by atoms with van der Waals surface area (Å²) >= 11 is 0. The van der Waals surface area contributed by atoms with E-state index in [0.717, 1.165) is 72.1 Å². The normalized spacial score (nSPS) is 13.1. The van der Waals surface area contributed by atoms with Crippen molar-refractivity contribution in [3.63, 3.8) is 0 Å². The van der Waals surface area contributed by atoms with Crippen molar-refractivity contribution in [2.24, 2.45) is 0 Å². The molecule has 1 aliphatic carbocycles. The molecule has 0 spiro atoms. The molecule has 0 amide bonds. The van der Waals surface area contributed by atoms with Gasteiger partial charge in [-0.25, -0.2) is 0 Å². The van der Waals surface area contributed by atoms with E-state index in [0.29, 0.717) is 0 Å². The zero-order chi connectivity index (χ0) is 43.7. The summed E-state index contributed by atoms with van der Waals surface area (Å²) in [5, 5.41) is 11.7. The Bertz CT molecular complexity index is 4100. The Morgan fingerprint density at radius 3 is 1.65 bits per heavy atom. The summed E-state index contributed by atoms with van der Waals surface area (Å²) in [5.41, 5.74) is 16.1. The molecule has 3 heteroatoms. The molecular weight excluding hydrogens is 803 g/mol. The van der Waals surface area contributed by atoms with Crippen LogP contribution in [0.1, 0.15) is 25.0 Å². The molecular formula is C63H41NO2. The molecule has 0 radical (unpaired) electrons. The van der Waals surface area contributed by atoms with Crippen LogP contribution in [0.25, 0.3) is 110 Å². The van der Waals surface area contributed by atoms with Gasteiger partial charge in [-0.15, -0.1) is 0 Å². The van der Waals surface area contributed by atoms with Gasteiger partial charge in [0.15, 0.2) is 0 Å². The van der Waals surface area contributed by atoms with Crippen LogP contribution in [0.2, 0.25) is 0 Å². The number of para-hydroxylation sites is 1. The van der Waals surface area contributed by atoms with Gasteiger partial charge in [0.1, 0.15) is 22.3 Å². The Hall–Kier alpha value is -8.40. The molecule has 1 aliphatic rings. The van der Waals surface area contributed by atoms with Crippen LogP contribution in [0.3, 0.4) is 0 Å². The van der Waals surface area contributed by atoms with E-state index < -0.39 is 0 Å². The standard InChI is InChI=1S/C63H41NO2/c1-63(2)53-22-12-10-20-48(53)49-31-29-42(37-54(49)63)64(41-27-24-39(25-28-41)38-14-4-3-5-15-38)55-33-32-51-61-58(35-34-57-60(61)50-21-11-13-23-56(50)65-57)66-62(51)59(55)40-26-30-47-45-18-7-6-16-43(45)44-17-8-9-19-46(44)52(47)36-40/h3-37H,1-2H3. The Morgan fingerprint density at radius 1 is 0.348 bits per heavy atom. The number of benzene rings is 11. The first-order valence-electron chi connectivity index (χ1n) is 22.8. The van der Waals surface area contributed by atoms with Crippen molar-refractivity contribution in [1.29, 1.82) is 0 Å². The number of rotatable bonds is 5. The van der Waals surface area contributed by atoms with Crippen LogP contribution in [0.4, 0.5) is 17.1 Å². The van der Waals surface area contributed by atoms with Crippen molar-refractivity contribution in [3.05, 3.63) is 223 Å². The first-order valence-corrected chi connectivity index (χ1v) is 22.8. The summed E-state index contributed by atoms with van der Waals surface area (Å²) in [6.45, 7) is 4.71. The number of furan rings is 2. The average molecular weight is 844 g/mol. The minimum Gasteiger partial charge on any atom is -0.456 e. The molecule has 0 atom stereocenters. The fourth-order valence-corrected chi connectivity index (χ4v) is 11.4. The van der Waals surface area contributed by atoms with E-state index in [2.05, 4.69) is 219 Å². The molecule has 2 heterocycles. The van der Waals surface area contributed by atoms with Crippen molar-refractivity contribution in [1.82, 2.24) is 0 Å². The molecule has 0 N–H and O–H groups in total. The second-order valence-corrected chi connectivity index (χ2v) is 18.3. The third kappa shape index (κ3) is 5.26. The monoisotopic (exact) mass is 843 g/mol. The Balaban J connectivity index is 1.09. The van der Waals surface area contributed by atoms with Gasteiger partial charge in [-0.1, -0.05) is 166 Å². The van der Waals surface area contributed by atoms with Crippen LogP contribution in [0, 0.1) is 0 Å². The van der Waals surface area contributed by atoms with E-state index >= 15 is 0 Å². The van der Waals surface area contributed by atoms with E-state index in [9.17, 15) is 0 Å². The molecule has 2 aromatic heterocycles. The predicted octanol–water partition coefficient (Wildman–Crippen LogP) is 18.1. The lowest BCUT2D eigenvalue weighted by Gasteiger charge is -2.30. The third-order valence-electron chi connectivity index (χ3n) is 14.5. The third-order valence-corrected chi connectivity index (χ3v) is 14.5. The number of hydrogen-bond donors (Lipinski definition) is 0. The van der Waals surface area contributed by atoms with Crippen molar-refractivity contribution in [2.75, 3.05) is 4.90 Å². The summed E-state index contributed by atoms with van der Waals surface area (Å²) in [6.07, 6.45) is 0. The van der Waals surface area contributed by atoms with Gasteiger partial charge in [0.05, 0.1) is 5.69 Å². The summed E-state index contributed by atoms with van der Waals surface area (Å²) in [7, 11) is 0. The topological polar surface area (TPSA) is 29.5 Å². The van der Waals surface area contributed by atoms with Crippen LogP contribution in [-0.4, -0.2) is 0 Å². The molecule has 0 saturated heterocycles. The summed E-state index contributed by atoms with van der Waals surface area (Å²) in [4.78, 5) is 2.45. The zero-order valence-corrected chi connectivity index (χ0v) is 36.5. The quantitative estimate of drug-likeness (QED) is 0.162. The summed E-state index contributed by atoms with van der Waals surface area (Å²) in [5.74, 6) is 0. The molecule has 310 valence electrons. The Morgan fingerprint density at radius 2 is 0.894 bits per heavy atom. The SMILES string of the molecule is CC1(C)c2ccccc2-c2ccc(N(c3ccc(-c4ccccc4)cc3)c3ccc4c(oc5ccc6oc7ccccc7c6c54)c3-c3ccc4c5ccccc5c5ccccc5c4c3)cc21. The molecule has 0 fully saturated rings. The molecule has 66 heavy (non-hydrogen) atoms. The molecule has 0 bridgehead atoms. The predicted molar refractivity (Wildman–Crippen MR) is 277 cm³/mol. The van der Waals surface area contributed by atoms with E-state index in [1.165, 1.54) is 65.7 Å². The van der Waals surface area contributed by atoms with Gasteiger partial charge < -0.3 is 13.7 Å². The first kappa shape index (κ1) is 37.0. The van der Waals surface area contributed by atoms with Crippen LogP contribution in [-0.2, 0) is 5.41 Å². The van der Waals surface area contributed by atoms with Crippen molar-refractivity contribution < 1.29 is 8.83 Å². The molecule has 0 saturated carbocycles. The minimum atomic E-state index is -0.183. The second-order valence-electron chi connectivity index (χ2n) is 18.3. The van der Waals surface area contributed by atoms with Gasteiger partial charge in [-0.2, -0.15) is 0 Å². The number of nitrogens with zero attached hydrogens (tertiary/aromatic N) is 1. The average Bonchev–Trinajstić information content (AvgIpc) is 4.02. The molecule has 3 nitrogen and oxygen atoms in total. The molecule has 14 rings (SSSR count). The molecule has 11 aromatic carbocycles. The van der Waals surface area contributed by atoms with Crippen molar-refractivity contribution >= 4 is 93.3 Å². The number of anilines is 3. The highest BCUT2D eigenvalue weighted by Gasteiger charge is 2.36. The lowest BCUT2D eigenvalue weighted by Crippen LogP contribution is -2.17. The second kappa shape index (κ2) is 13.8. The van der Waals surface area contributed by atoms with E-state index in [-0.39, 0.29) is 5.41 Å². The van der Waals surface area contributed by atoms with E-state index in [1.54, 1.807) is 0 Å². The maximum absolute atomic E-state index is 7.25. The highest BCUT2D eigenvalue weighted by atomic mass is 16.3. The van der Waals surface area contributed by atoms with Crippen molar-refractivity contribution in [2.45, 2.75) is 19.3 Å². The molecule has 13 aromatic rings. The van der Waals surface area contributed by atoms with Gasteiger partial charge in [0.25, 0.3) is 0 Å². The fourth-order valence-electron chi connectivity index (χ4n) is 11.4. The lowest BCUT2D eigenvalue weighted by molar-refractivity contribution is 0.660. The minimum absolute atomic E-state index is 0.183. The van der Waals surface area contributed by atoms with Crippen LogP contribution in [0.15, 0.2) is 221 Å². The number of fused-ring (bicyclic) bond motifs is 16. The Kier molecular flexibility index (Phi) is 7.74. The molecule has 0 aliphatic heterocycles. The largest absolute Gasteiger partial charge is 0.456 e. The summed E-state index contributed by atoms with van der Waals surface area (Å²) in [6, 6.07) is 77.3. The van der Waals surface area contributed by atoms with Crippen molar-refractivity contribution in [3.8, 4) is 33.4 Å². The van der Waals surface area contributed by atoms with E-state index in [4.69, 9.17) is 8.83 Å². The highest BCUT2D eigenvalue weighted by molar-refractivity contribution is 6.29. The van der Waals surface area contributed by atoms with E-state index in [1.807, 2.05) is 12.1 Å². The number of hydrogen-bond acceptors (Lipinski definition) is 3. The van der Waals surface area contributed by atoms with Crippen LogP contribution in [0.5, 0.6) is 0 Å². The van der Waals surface area contributed by atoms with Gasteiger partial charge in [-0.3, -0.25) is 0 Å². The zero-order valence-electron chi connectivity index (χ0n) is 36.5. The van der Waals surface area contributed by atoms with Crippen LogP contribution >= 0.6 is 0 Å². The van der Waals surface area contributed by atoms with Gasteiger partial charge in [-0.05, 0) is 132 Å². The molecule has 0 unspecified atom stereocenters. The maximum Gasteiger partial charge on any atom is 0.145 e. The van der Waals surface area contributed by atoms with Gasteiger partial charge in [0, 0.05) is 43.9 Å². The lowest BCUT2D eigenvalue weighted by atomic mass is 9.82. The highest BCUT2D eigenvalue weighted by Crippen LogP contribution is 2.53. The first-order chi connectivity index (χ1) is 32.5. The maximum atomic E-state index is 7.25. The smallest absolute Gasteiger partial charge is 0.145 e. The van der Waals surface area contributed by atoms with Gasteiger partial charge >= 0.3 is 0 Å². The fraction of sp³-hybridized carbons (Fsp3) is 0.0476. The van der Waals surface area contributed by atoms with Crippen LogP contribution < -0.4 is 4.90 Å². The van der Waals surface area contributed by atoms with Gasteiger partial charge in [0.2, 0.25) is 0 Å². The summed E-state index contributed by atoms with van der Waals surface area (Å²) < 4.78 is 13.7.